The molecule has 0 fully saturated rings. The average Bonchev–Trinajstić information content (AvgIpc) is 2.64. The van der Waals surface area contributed by atoms with Crippen LogP contribution < -0.4 is 5.73 Å². The normalized spacial score (nSPS) is 12.8. The fourth-order valence-corrected chi connectivity index (χ4v) is 2.55. The molecular weight excluding hydrogens is 208 g/mol. The first kappa shape index (κ1) is 11.8. The molecule has 0 aliphatic heterocycles. The lowest BCUT2D eigenvalue weighted by atomic mass is 9.90. The summed E-state index contributed by atoms with van der Waals surface area (Å²) in [4.78, 5) is 3.27. The van der Waals surface area contributed by atoms with Gasteiger partial charge in [0.2, 0.25) is 0 Å². The van der Waals surface area contributed by atoms with E-state index in [1.807, 2.05) is 12.1 Å². The van der Waals surface area contributed by atoms with Gasteiger partial charge in [-0.1, -0.05) is 37.6 Å². The fraction of sp³-hybridized carbons (Fsp3) is 0.333. The summed E-state index contributed by atoms with van der Waals surface area (Å²) in [5.74, 6) is 1.29. The van der Waals surface area contributed by atoms with Crippen LogP contribution in [0.25, 0.3) is 10.9 Å². The number of hydrogen-bond donors (Lipinski definition) is 2. The summed E-state index contributed by atoms with van der Waals surface area (Å²) < 4.78 is 0. The van der Waals surface area contributed by atoms with E-state index in [0.717, 1.165) is 30.6 Å². The molecule has 0 aliphatic carbocycles. The highest BCUT2D eigenvalue weighted by Crippen LogP contribution is 2.35. The molecule has 0 saturated carbocycles. The second kappa shape index (κ2) is 5.09. The molecule has 1 heterocycles. The molecule has 1 atom stereocenters. The Balaban J connectivity index is 2.50. The molecule has 0 aliphatic rings. The highest BCUT2D eigenvalue weighted by Gasteiger charge is 2.17. The molecule has 2 aromatic rings. The van der Waals surface area contributed by atoms with Crippen LogP contribution in [0.2, 0.25) is 0 Å². The monoisotopic (exact) mass is 228 g/mol. The van der Waals surface area contributed by atoms with Gasteiger partial charge in [-0.3, -0.25) is 0 Å². The maximum atomic E-state index is 6.12. The topological polar surface area (TPSA) is 41.8 Å². The third kappa shape index (κ3) is 2.21. The number of aromatic nitrogens is 1. The van der Waals surface area contributed by atoms with Crippen LogP contribution >= 0.6 is 0 Å². The number of fused-ring (bicyclic) bond motifs is 1. The van der Waals surface area contributed by atoms with Crippen LogP contribution in [0.15, 0.2) is 36.9 Å². The van der Waals surface area contributed by atoms with Crippen molar-refractivity contribution >= 4 is 16.7 Å². The average molecular weight is 228 g/mol. The predicted octanol–water partition coefficient (Wildman–Crippen LogP) is 4.21. The van der Waals surface area contributed by atoms with E-state index >= 15 is 0 Å². The lowest BCUT2D eigenvalue weighted by Crippen LogP contribution is -2.00. The van der Waals surface area contributed by atoms with Crippen molar-refractivity contribution in [2.75, 3.05) is 5.73 Å². The third-order valence-corrected chi connectivity index (χ3v) is 3.27. The number of para-hydroxylation sites is 1. The number of allylic oxidation sites excluding steroid dienone is 1. The predicted molar refractivity (Wildman–Crippen MR) is 75.2 cm³/mol. The van der Waals surface area contributed by atoms with E-state index < -0.39 is 0 Å². The van der Waals surface area contributed by atoms with Gasteiger partial charge in [0, 0.05) is 16.5 Å². The molecule has 0 spiro atoms. The highest BCUT2D eigenvalue weighted by molar-refractivity contribution is 5.88. The van der Waals surface area contributed by atoms with Crippen molar-refractivity contribution in [3.05, 3.63) is 42.5 Å². The summed E-state index contributed by atoms with van der Waals surface area (Å²) in [6.45, 7) is 6.06. The number of rotatable bonds is 5. The zero-order valence-electron chi connectivity index (χ0n) is 10.4. The van der Waals surface area contributed by atoms with Gasteiger partial charge < -0.3 is 10.7 Å². The Bertz CT molecular complexity index is 511. The number of aromatic amines is 1. The standard InChI is InChI=1S/C15H20N2/c1-3-7-11(8-4-2)14-12-9-5-6-10-13(12)17-15(14)16/h3,5-6,9-11,17H,1,4,7-8,16H2,2H3. The first-order valence-electron chi connectivity index (χ1n) is 6.24. The molecule has 0 saturated heterocycles. The lowest BCUT2D eigenvalue weighted by molar-refractivity contribution is 0.627. The molecule has 2 heteroatoms. The van der Waals surface area contributed by atoms with E-state index in [2.05, 4.69) is 36.7 Å². The van der Waals surface area contributed by atoms with Crippen molar-refractivity contribution in [3.8, 4) is 0 Å². The van der Waals surface area contributed by atoms with Crippen LogP contribution in [0.4, 0.5) is 5.82 Å². The van der Waals surface area contributed by atoms with Gasteiger partial charge in [-0.25, -0.2) is 0 Å². The smallest absolute Gasteiger partial charge is 0.105 e. The number of H-pyrrole nitrogens is 1. The first-order chi connectivity index (χ1) is 8.27. The van der Waals surface area contributed by atoms with Gasteiger partial charge in [-0.2, -0.15) is 0 Å². The molecule has 3 N–H and O–H groups in total. The van der Waals surface area contributed by atoms with Crippen LogP contribution in [0.5, 0.6) is 0 Å². The molecule has 2 rings (SSSR count). The van der Waals surface area contributed by atoms with E-state index in [-0.39, 0.29) is 0 Å². The molecule has 90 valence electrons. The summed E-state index contributed by atoms with van der Waals surface area (Å²) in [7, 11) is 0. The third-order valence-electron chi connectivity index (χ3n) is 3.27. The number of nitrogens with one attached hydrogen (secondary N) is 1. The highest BCUT2D eigenvalue weighted by atomic mass is 14.9. The van der Waals surface area contributed by atoms with Gasteiger partial charge in [0.05, 0.1) is 0 Å². The molecule has 2 nitrogen and oxygen atoms in total. The second-order valence-electron chi connectivity index (χ2n) is 4.51. The lowest BCUT2D eigenvalue weighted by Gasteiger charge is -2.14. The van der Waals surface area contributed by atoms with E-state index in [1.165, 1.54) is 10.9 Å². The summed E-state index contributed by atoms with van der Waals surface area (Å²) in [6.07, 6.45) is 5.29. The van der Waals surface area contributed by atoms with Crippen LogP contribution in [0.1, 0.15) is 37.7 Å². The van der Waals surface area contributed by atoms with E-state index in [1.54, 1.807) is 0 Å². The Morgan fingerprint density at radius 1 is 1.41 bits per heavy atom. The van der Waals surface area contributed by atoms with Gasteiger partial charge in [0.1, 0.15) is 5.82 Å². The summed E-state index contributed by atoms with van der Waals surface area (Å²) in [6, 6.07) is 8.32. The summed E-state index contributed by atoms with van der Waals surface area (Å²) >= 11 is 0. The van der Waals surface area contributed by atoms with E-state index in [0.29, 0.717) is 5.92 Å². The van der Waals surface area contributed by atoms with Crippen molar-refractivity contribution in [2.45, 2.75) is 32.1 Å². The molecule has 1 unspecified atom stereocenters. The number of hydrogen-bond acceptors (Lipinski definition) is 1. The first-order valence-corrected chi connectivity index (χ1v) is 6.24. The second-order valence-corrected chi connectivity index (χ2v) is 4.51. The van der Waals surface area contributed by atoms with Gasteiger partial charge in [-0.15, -0.1) is 6.58 Å². The minimum absolute atomic E-state index is 0.480. The SMILES string of the molecule is C=CCC(CCC)c1c(N)[nH]c2ccccc12. The number of anilines is 1. The zero-order chi connectivity index (χ0) is 12.3. The van der Waals surface area contributed by atoms with Crippen molar-refractivity contribution < 1.29 is 0 Å². The fourth-order valence-electron chi connectivity index (χ4n) is 2.55. The molecule has 1 aromatic carbocycles. The minimum Gasteiger partial charge on any atom is -0.385 e. The number of benzene rings is 1. The van der Waals surface area contributed by atoms with Gasteiger partial charge in [-0.05, 0) is 24.8 Å². The molecule has 17 heavy (non-hydrogen) atoms. The van der Waals surface area contributed by atoms with Crippen LogP contribution in [0, 0.1) is 0 Å². The van der Waals surface area contributed by atoms with Crippen molar-refractivity contribution in [2.24, 2.45) is 0 Å². The van der Waals surface area contributed by atoms with E-state index in [9.17, 15) is 0 Å². The summed E-state index contributed by atoms with van der Waals surface area (Å²) in [5.41, 5.74) is 8.52. The van der Waals surface area contributed by atoms with Crippen molar-refractivity contribution in [3.63, 3.8) is 0 Å². The molecule has 0 bridgehead atoms. The minimum atomic E-state index is 0.480. The Kier molecular flexibility index (Phi) is 3.52. The maximum Gasteiger partial charge on any atom is 0.105 e. The Hall–Kier alpha value is -1.70. The van der Waals surface area contributed by atoms with Gasteiger partial charge in [0.15, 0.2) is 0 Å². The largest absolute Gasteiger partial charge is 0.385 e. The molecule has 0 radical (unpaired) electrons. The quantitative estimate of drug-likeness (QED) is 0.739. The Morgan fingerprint density at radius 2 is 2.18 bits per heavy atom. The molecule has 1 aromatic heterocycles. The van der Waals surface area contributed by atoms with Crippen LogP contribution in [-0.2, 0) is 0 Å². The van der Waals surface area contributed by atoms with Crippen LogP contribution in [0.3, 0.4) is 0 Å². The summed E-state index contributed by atoms with van der Waals surface area (Å²) in [5, 5.41) is 1.25. The molecular formula is C15H20N2. The number of nitrogens with two attached hydrogens (primary N) is 1. The maximum absolute atomic E-state index is 6.12. The Labute approximate surface area is 103 Å². The van der Waals surface area contributed by atoms with Crippen molar-refractivity contribution in [1.82, 2.24) is 4.98 Å². The van der Waals surface area contributed by atoms with Crippen molar-refractivity contribution in [1.29, 1.82) is 0 Å². The zero-order valence-corrected chi connectivity index (χ0v) is 10.4. The van der Waals surface area contributed by atoms with Gasteiger partial charge >= 0.3 is 0 Å². The van der Waals surface area contributed by atoms with E-state index in [4.69, 9.17) is 5.73 Å². The molecule has 0 amide bonds. The van der Waals surface area contributed by atoms with Crippen LogP contribution in [-0.4, -0.2) is 4.98 Å². The number of nitrogen functional groups attached to an aromatic ring is 1. The Morgan fingerprint density at radius 3 is 2.88 bits per heavy atom. The van der Waals surface area contributed by atoms with Gasteiger partial charge in [0.25, 0.3) is 0 Å².